The van der Waals surface area contributed by atoms with Crippen LogP contribution in [0.1, 0.15) is 20.8 Å². The quantitative estimate of drug-likeness (QED) is 0.0683. The Morgan fingerprint density at radius 1 is 0.435 bits per heavy atom. The van der Waals surface area contributed by atoms with Gasteiger partial charge in [-0.05, 0) is 13.8 Å². The number of rotatable bonds is 16. The van der Waals surface area contributed by atoms with E-state index in [9.17, 15) is 81.4 Å². The number of nitrogens with one attached hydrogen (secondary N) is 1. The number of ether oxygens (including phenoxy) is 10. The van der Waals surface area contributed by atoms with Crippen LogP contribution >= 0.6 is 0 Å². The second-order valence-corrected chi connectivity index (χ2v) is 15.8. The highest BCUT2D eigenvalue weighted by Gasteiger charge is 2.57. The molecule has 362 valence electrons. The predicted molar refractivity (Wildman–Crippen MR) is 192 cm³/mol. The van der Waals surface area contributed by atoms with Gasteiger partial charge in [-0.25, -0.2) is 0 Å². The minimum Gasteiger partial charge on any atom is -0.394 e. The number of amides is 1. The van der Waals surface area contributed by atoms with E-state index >= 15 is 0 Å². The first-order valence-corrected chi connectivity index (χ1v) is 20.0. The molecule has 0 aromatic rings. The van der Waals surface area contributed by atoms with Crippen molar-refractivity contribution in [3.8, 4) is 0 Å². The van der Waals surface area contributed by atoms with E-state index in [0.29, 0.717) is 0 Å². The van der Waals surface area contributed by atoms with Crippen LogP contribution in [-0.2, 0) is 52.2 Å². The zero-order valence-corrected chi connectivity index (χ0v) is 33.7. The molecule has 0 bridgehead atoms. The summed E-state index contributed by atoms with van der Waals surface area (Å²) in [6.07, 6.45) is -43.6. The molecule has 10 unspecified atom stereocenters. The van der Waals surface area contributed by atoms with Gasteiger partial charge in [0.1, 0.15) is 122 Å². The van der Waals surface area contributed by atoms with Gasteiger partial charge in [-0.3, -0.25) is 4.79 Å². The molecule has 0 spiro atoms. The van der Waals surface area contributed by atoms with E-state index in [4.69, 9.17) is 47.4 Å². The molecule has 25 atom stereocenters. The molecule has 5 rings (SSSR count). The van der Waals surface area contributed by atoms with Crippen LogP contribution in [0.5, 0.6) is 0 Å². The molecule has 16 N–H and O–H groups in total. The zero-order valence-electron chi connectivity index (χ0n) is 33.7. The lowest BCUT2D eigenvalue weighted by Crippen LogP contribution is -2.70. The molecule has 5 heterocycles. The Hall–Kier alpha value is -1.53. The Bertz CT molecular complexity index is 1380. The summed E-state index contributed by atoms with van der Waals surface area (Å²) >= 11 is 0. The smallest absolute Gasteiger partial charge is 0.217 e. The molecule has 0 saturated carbocycles. The van der Waals surface area contributed by atoms with Gasteiger partial charge in [0.05, 0.1) is 39.1 Å². The van der Waals surface area contributed by atoms with Crippen LogP contribution in [0.25, 0.3) is 0 Å². The van der Waals surface area contributed by atoms with E-state index < -0.39 is 199 Å². The molecule has 5 aliphatic rings. The Morgan fingerprint density at radius 3 is 1.26 bits per heavy atom. The first-order valence-electron chi connectivity index (χ1n) is 20.0. The monoisotopic (exact) mass is 911 g/mol. The number of hydrogen-bond acceptors (Lipinski definition) is 26. The summed E-state index contributed by atoms with van der Waals surface area (Å²) < 4.78 is 56.6. The van der Waals surface area contributed by atoms with E-state index in [2.05, 4.69) is 5.32 Å². The van der Waals surface area contributed by atoms with Crippen molar-refractivity contribution in [2.75, 3.05) is 33.0 Å². The highest BCUT2D eigenvalue weighted by molar-refractivity contribution is 5.73. The summed E-state index contributed by atoms with van der Waals surface area (Å²) in [5, 5.41) is 162. The molecular weight excluding hydrogens is 850 g/mol. The lowest BCUT2D eigenvalue weighted by molar-refractivity contribution is -0.389. The van der Waals surface area contributed by atoms with Gasteiger partial charge in [-0.1, -0.05) is 0 Å². The normalized spacial score (nSPS) is 49.2. The fourth-order valence-electron chi connectivity index (χ4n) is 7.79. The molecule has 0 radical (unpaired) electrons. The summed E-state index contributed by atoms with van der Waals surface area (Å²) in [6, 6.07) is -1.67. The van der Waals surface area contributed by atoms with Crippen molar-refractivity contribution in [3.05, 3.63) is 0 Å². The Labute approximate surface area is 353 Å². The summed E-state index contributed by atoms with van der Waals surface area (Å²) in [6.45, 7) is -0.183. The van der Waals surface area contributed by atoms with Crippen molar-refractivity contribution < 1.29 is 129 Å². The lowest BCUT2D eigenvalue weighted by Gasteiger charge is -2.50. The Kier molecular flexibility index (Phi) is 18.5. The second kappa shape index (κ2) is 22.3. The molecule has 0 aliphatic carbocycles. The van der Waals surface area contributed by atoms with Crippen LogP contribution in [0.3, 0.4) is 0 Å². The lowest BCUT2D eigenvalue weighted by atomic mass is 9.94. The summed E-state index contributed by atoms with van der Waals surface area (Å²) in [5.41, 5.74) is 0. The van der Waals surface area contributed by atoms with E-state index in [1.165, 1.54) is 0 Å². The highest BCUT2D eigenvalue weighted by Crippen LogP contribution is 2.36. The van der Waals surface area contributed by atoms with Gasteiger partial charge in [-0.2, -0.15) is 0 Å². The van der Waals surface area contributed by atoms with Gasteiger partial charge in [-0.15, -0.1) is 0 Å². The van der Waals surface area contributed by atoms with Crippen molar-refractivity contribution in [3.63, 3.8) is 0 Å². The van der Waals surface area contributed by atoms with Crippen molar-refractivity contribution in [1.29, 1.82) is 0 Å². The van der Waals surface area contributed by atoms with Crippen molar-refractivity contribution in [2.45, 2.75) is 180 Å². The minimum absolute atomic E-state index is 0.460. The van der Waals surface area contributed by atoms with Crippen LogP contribution in [0, 0.1) is 0 Å². The number of aliphatic hydroxyl groups is 15. The van der Waals surface area contributed by atoms with Crippen LogP contribution < -0.4 is 5.32 Å². The third kappa shape index (κ3) is 11.0. The van der Waals surface area contributed by atoms with Crippen molar-refractivity contribution >= 4 is 5.91 Å². The molecule has 5 aliphatic heterocycles. The third-order valence-corrected chi connectivity index (χ3v) is 11.1. The standard InChI is InChI=1S/C35H61NO26/c1-9(2)53-32-24(50)21(47)27(14(7-40)57-32)59-34-25(51)22(48)28(15(8-41)58-34)60-35-26(52)30(19(45)13(6-39)56-35)62-31-16(36-10(3)42)29(18(44)12(5-38)54-31)61-33-23(49)20(46)17(43)11(4-37)55-33/h9,11-35,37-41,43-52H,4-8H2,1-3H3,(H,36,42)/t11?,12?,13?,14?,15?,16?,17-,18-,19-,20-,21+,22+,23?,24?,25?,26?,27+,28-,29+,30-,31-,32+,33-,34-,35+/m0/s1. The SMILES string of the molecule is CC(=O)NC1[C@H](O[C@@H]2C(O)[C@@H](O[C@H]3C(CO)O[C@@H](O[C@@H]4C(CO)O[C@@H](OC(C)C)C(O)[C@H]4O)C(O)[C@H]3O)OC(CO)[C@@H]2O)OC(CO)[C@H](O)[C@@H]1O[C@@H]1OC(CO)[C@H](O)[C@H](O)C1O. The summed E-state index contributed by atoms with van der Waals surface area (Å²) in [7, 11) is 0. The number of hydrogen-bond donors (Lipinski definition) is 16. The molecular formula is C35H61NO26. The number of carbonyl (C=O) groups is 1. The van der Waals surface area contributed by atoms with E-state index in [-0.39, 0.29) is 0 Å². The number of carbonyl (C=O) groups excluding carboxylic acids is 1. The van der Waals surface area contributed by atoms with Crippen LogP contribution in [0.4, 0.5) is 0 Å². The van der Waals surface area contributed by atoms with Crippen LogP contribution in [0.2, 0.25) is 0 Å². The van der Waals surface area contributed by atoms with E-state index in [1.54, 1.807) is 13.8 Å². The molecule has 5 fully saturated rings. The second-order valence-electron chi connectivity index (χ2n) is 15.8. The highest BCUT2D eigenvalue weighted by atomic mass is 16.8. The molecule has 62 heavy (non-hydrogen) atoms. The maximum absolute atomic E-state index is 12.5. The first kappa shape index (κ1) is 51.5. The van der Waals surface area contributed by atoms with Gasteiger partial charge < -0.3 is 129 Å². The van der Waals surface area contributed by atoms with Gasteiger partial charge in [0.25, 0.3) is 0 Å². The van der Waals surface area contributed by atoms with Gasteiger partial charge in [0.2, 0.25) is 5.91 Å². The first-order chi connectivity index (χ1) is 29.3. The zero-order chi connectivity index (χ0) is 45.9. The molecule has 27 nitrogen and oxygen atoms in total. The Morgan fingerprint density at radius 2 is 0.790 bits per heavy atom. The third-order valence-electron chi connectivity index (χ3n) is 11.1. The number of aliphatic hydroxyl groups excluding tert-OH is 15. The Balaban J connectivity index is 1.34. The fraction of sp³-hybridized carbons (Fsp3) is 0.971. The van der Waals surface area contributed by atoms with Crippen LogP contribution in [-0.4, -0.2) is 275 Å². The minimum atomic E-state index is -2.14. The molecule has 27 heteroatoms. The average molecular weight is 912 g/mol. The maximum Gasteiger partial charge on any atom is 0.217 e. The van der Waals surface area contributed by atoms with E-state index in [0.717, 1.165) is 6.92 Å². The van der Waals surface area contributed by atoms with Crippen molar-refractivity contribution in [2.24, 2.45) is 0 Å². The maximum atomic E-state index is 12.5. The van der Waals surface area contributed by atoms with Crippen LogP contribution in [0.15, 0.2) is 0 Å². The van der Waals surface area contributed by atoms with E-state index in [1.807, 2.05) is 0 Å². The summed E-state index contributed by atoms with van der Waals surface area (Å²) in [5.74, 6) is -0.799. The topological polar surface area (TPSA) is 425 Å². The fourth-order valence-corrected chi connectivity index (χ4v) is 7.79. The molecule has 0 aromatic carbocycles. The summed E-state index contributed by atoms with van der Waals surface area (Å²) in [4.78, 5) is 12.5. The molecule has 0 aromatic heterocycles. The van der Waals surface area contributed by atoms with Gasteiger partial charge in [0, 0.05) is 6.92 Å². The van der Waals surface area contributed by atoms with Crippen molar-refractivity contribution in [1.82, 2.24) is 5.32 Å². The van der Waals surface area contributed by atoms with Gasteiger partial charge in [0.15, 0.2) is 31.5 Å². The average Bonchev–Trinajstić information content (AvgIpc) is 3.23. The molecule has 5 saturated heterocycles. The van der Waals surface area contributed by atoms with Gasteiger partial charge >= 0.3 is 0 Å². The largest absolute Gasteiger partial charge is 0.394 e. The predicted octanol–water partition coefficient (Wildman–Crippen LogP) is -10.3. The molecule has 1 amide bonds.